The van der Waals surface area contributed by atoms with Crippen molar-refractivity contribution in [2.75, 3.05) is 32.7 Å². The van der Waals surface area contributed by atoms with E-state index < -0.39 is 0 Å². The molecule has 2 fully saturated rings. The number of aromatic nitrogens is 1. The van der Waals surface area contributed by atoms with E-state index in [2.05, 4.69) is 27.4 Å². The molecule has 1 aliphatic carbocycles. The summed E-state index contributed by atoms with van der Waals surface area (Å²) in [7, 11) is 0. The molecule has 28 heavy (non-hydrogen) atoms. The number of aromatic amines is 1. The van der Waals surface area contributed by atoms with Crippen molar-refractivity contribution in [2.45, 2.75) is 38.6 Å². The lowest BCUT2D eigenvalue weighted by atomic mass is 10.1. The van der Waals surface area contributed by atoms with Crippen molar-refractivity contribution in [3.8, 4) is 0 Å². The highest BCUT2D eigenvalue weighted by Gasteiger charge is 2.34. The Kier molecular flexibility index (Phi) is 7.56. The molecular formula is C21H31FIN5. The minimum atomic E-state index is -0.192. The Bertz CT molecular complexity index is 801. The van der Waals surface area contributed by atoms with Crippen molar-refractivity contribution >= 4 is 40.8 Å². The van der Waals surface area contributed by atoms with E-state index >= 15 is 0 Å². The Labute approximate surface area is 183 Å². The van der Waals surface area contributed by atoms with Crippen molar-refractivity contribution in [3.05, 3.63) is 35.8 Å². The highest BCUT2D eigenvalue weighted by atomic mass is 127. The fourth-order valence-corrected chi connectivity index (χ4v) is 4.02. The lowest BCUT2D eigenvalue weighted by Crippen LogP contribution is -2.38. The molecule has 5 nitrogen and oxygen atoms in total. The number of hydrogen-bond donors (Lipinski definition) is 3. The number of H-pyrrole nitrogens is 1. The maximum Gasteiger partial charge on any atom is 0.191 e. The summed E-state index contributed by atoms with van der Waals surface area (Å²) >= 11 is 0. The van der Waals surface area contributed by atoms with E-state index in [4.69, 9.17) is 4.99 Å². The van der Waals surface area contributed by atoms with Crippen LogP contribution in [0.2, 0.25) is 0 Å². The summed E-state index contributed by atoms with van der Waals surface area (Å²) in [6.07, 6.45) is 6.84. The summed E-state index contributed by atoms with van der Waals surface area (Å²) in [6.45, 7) is 7.04. The highest BCUT2D eigenvalue weighted by molar-refractivity contribution is 14.0. The van der Waals surface area contributed by atoms with Gasteiger partial charge in [-0.1, -0.05) is 0 Å². The molecule has 0 spiro atoms. The number of halogens is 2. The van der Waals surface area contributed by atoms with Gasteiger partial charge in [0.05, 0.1) is 0 Å². The van der Waals surface area contributed by atoms with Crippen LogP contribution in [0, 0.1) is 11.7 Å². The van der Waals surface area contributed by atoms with Gasteiger partial charge in [0, 0.05) is 49.3 Å². The largest absolute Gasteiger partial charge is 0.361 e. The number of nitrogens with zero attached hydrogens (tertiary/aromatic N) is 2. The summed E-state index contributed by atoms with van der Waals surface area (Å²) in [5.41, 5.74) is 2.11. The molecule has 1 aromatic carbocycles. The molecule has 1 saturated heterocycles. The van der Waals surface area contributed by atoms with Crippen LogP contribution >= 0.6 is 24.0 Å². The first kappa shape index (κ1) is 21.4. The van der Waals surface area contributed by atoms with Crippen molar-refractivity contribution in [2.24, 2.45) is 10.9 Å². The van der Waals surface area contributed by atoms with Gasteiger partial charge in [0.25, 0.3) is 0 Å². The van der Waals surface area contributed by atoms with Gasteiger partial charge in [-0.2, -0.15) is 0 Å². The lowest BCUT2D eigenvalue weighted by Gasteiger charge is -2.15. The summed E-state index contributed by atoms with van der Waals surface area (Å²) in [4.78, 5) is 10.7. The molecule has 1 atom stereocenters. The Morgan fingerprint density at radius 3 is 2.93 bits per heavy atom. The average molecular weight is 499 g/mol. The predicted octanol–water partition coefficient (Wildman–Crippen LogP) is 3.51. The van der Waals surface area contributed by atoms with E-state index in [1.807, 2.05) is 6.20 Å². The van der Waals surface area contributed by atoms with E-state index in [0.29, 0.717) is 5.92 Å². The van der Waals surface area contributed by atoms with E-state index in [-0.39, 0.29) is 29.8 Å². The van der Waals surface area contributed by atoms with Gasteiger partial charge in [0.15, 0.2) is 5.96 Å². The molecule has 4 rings (SSSR count). The average Bonchev–Trinajstić information content (AvgIpc) is 3.28. The molecule has 1 aliphatic heterocycles. The van der Waals surface area contributed by atoms with Gasteiger partial charge in [-0.3, -0.25) is 4.99 Å². The molecule has 2 heterocycles. The van der Waals surface area contributed by atoms with Crippen molar-refractivity contribution in [1.29, 1.82) is 0 Å². The highest BCUT2D eigenvalue weighted by Crippen LogP contribution is 2.31. The molecular weight excluding hydrogens is 468 g/mol. The Morgan fingerprint density at radius 2 is 2.14 bits per heavy atom. The number of benzene rings is 1. The molecule has 3 N–H and O–H groups in total. The van der Waals surface area contributed by atoms with Gasteiger partial charge >= 0.3 is 0 Å². The van der Waals surface area contributed by atoms with Crippen LogP contribution in [0.5, 0.6) is 0 Å². The first-order chi connectivity index (χ1) is 13.2. The fourth-order valence-electron chi connectivity index (χ4n) is 4.02. The first-order valence-electron chi connectivity index (χ1n) is 10.2. The summed E-state index contributed by atoms with van der Waals surface area (Å²) in [5.74, 6) is 1.37. The van der Waals surface area contributed by atoms with Gasteiger partial charge in [0.1, 0.15) is 5.82 Å². The van der Waals surface area contributed by atoms with Crippen molar-refractivity contribution in [1.82, 2.24) is 20.5 Å². The van der Waals surface area contributed by atoms with Crippen LogP contribution in [0.1, 0.15) is 31.7 Å². The van der Waals surface area contributed by atoms with Crippen LogP contribution in [0.4, 0.5) is 4.39 Å². The third-order valence-electron chi connectivity index (χ3n) is 5.65. The molecule has 154 valence electrons. The molecule has 1 unspecified atom stereocenters. The van der Waals surface area contributed by atoms with Gasteiger partial charge in [-0.15, -0.1) is 24.0 Å². The second-order valence-electron chi connectivity index (χ2n) is 7.78. The maximum atomic E-state index is 13.5. The lowest BCUT2D eigenvalue weighted by molar-refractivity contribution is 0.315. The topological polar surface area (TPSA) is 55.5 Å². The summed E-state index contributed by atoms with van der Waals surface area (Å²) < 4.78 is 13.5. The van der Waals surface area contributed by atoms with Crippen molar-refractivity contribution in [3.63, 3.8) is 0 Å². The Morgan fingerprint density at radius 1 is 1.29 bits per heavy atom. The summed E-state index contributed by atoms with van der Waals surface area (Å²) in [5, 5.41) is 7.73. The van der Waals surface area contributed by atoms with E-state index in [0.717, 1.165) is 54.5 Å². The Balaban J connectivity index is 0.00000225. The number of rotatable bonds is 7. The Hall–Kier alpha value is -1.35. The monoisotopic (exact) mass is 499 g/mol. The third kappa shape index (κ3) is 5.37. The number of fused-ring (bicyclic) bond motifs is 1. The van der Waals surface area contributed by atoms with Gasteiger partial charge in [0.2, 0.25) is 0 Å². The molecule has 1 aromatic heterocycles. The molecule has 2 aromatic rings. The van der Waals surface area contributed by atoms with Crippen LogP contribution < -0.4 is 10.6 Å². The molecule has 2 aliphatic rings. The second-order valence-corrected chi connectivity index (χ2v) is 7.78. The molecule has 7 heteroatoms. The number of nitrogens with one attached hydrogen (secondary N) is 3. The zero-order chi connectivity index (χ0) is 18.6. The van der Waals surface area contributed by atoms with E-state index in [1.165, 1.54) is 38.4 Å². The first-order valence-corrected chi connectivity index (χ1v) is 10.2. The second kappa shape index (κ2) is 9.91. The van der Waals surface area contributed by atoms with Crippen LogP contribution in [-0.4, -0.2) is 54.6 Å². The minimum absolute atomic E-state index is 0. The quantitative estimate of drug-likeness (QED) is 0.311. The fraction of sp³-hybridized carbons (Fsp3) is 0.571. The number of likely N-dealkylation sites (tertiary alicyclic amines) is 1. The van der Waals surface area contributed by atoms with Crippen LogP contribution in [0.3, 0.4) is 0 Å². The molecule has 0 amide bonds. The minimum Gasteiger partial charge on any atom is -0.361 e. The van der Waals surface area contributed by atoms with E-state index in [9.17, 15) is 4.39 Å². The van der Waals surface area contributed by atoms with Crippen molar-refractivity contribution < 1.29 is 4.39 Å². The zero-order valence-electron chi connectivity index (χ0n) is 16.5. The maximum absolute atomic E-state index is 13.5. The van der Waals surface area contributed by atoms with Gasteiger partial charge in [-0.05, 0) is 68.8 Å². The number of aliphatic imine (C=N–C) groups is 1. The van der Waals surface area contributed by atoms with Crippen LogP contribution in [0.15, 0.2) is 29.4 Å². The summed E-state index contributed by atoms with van der Waals surface area (Å²) in [6, 6.07) is 5.75. The zero-order valence-corrected chi connectivity index (χ0v) is 18.8. The predicted molar refractivity (Wildman–Crippen MR) is 124 cm³/mol. The van der Waals surface area contributed by atoms with E-state index in [1.54, 1.807) is 12.1 Å². The van der Waals surface area contributed by atoms with Gasteiger partial charge < -0.3 is 20.5 Å². The smallest absolute Gasteiger partial charge is 0.191 e. The number of guanidine groups is 1. The van der Waals surface area contributed by atoms with Gasteiger partial charge in [-0.25, -0.2) is 4.39 Å². The molecule has 0 radical (unpaired) electrons. The number of hydrogen-bond acceptors (Lipinski definition) is 2. The van der Waals surface area contributed by atoms with Crippen LogP contribution in [-0.2, 0) is 6.42 Å². The SMILES string of the molecule is CCNC(=NCC1CCN(C2CC2)C1)NCCc1c[nH]c2ccc(F)cc12.I. The van der Waals surface area contributed by atoms with Crippen LogP contribution in [0.25, 0.3) is 10.9 Å². The normalized spacial score (nSPS) is 20.4. The third-order valence-corrected chi connectivity index (χ3v) is 5.65. The molecule has 1 saturated carbocycles. The molecule has 0 bridgehead atoms. The standard InChI is InChI=1S/C21H30FN5.HI/c1-2-23-21(26-12-15-8-10-27(14-15)18-4-5-18)24-9-7-16-13-25-20-6-3-17(22)11-19(16)20;/h3,6,11,13,15,18,25H,2,4-5,7-10,12,14H2,1H3,(H2,23,24,26);1H.